The van der Waals surface area contributed by atoms with Crippen LogP contribution in [0.5, 0.6) is 0 Å². The molecule has 1 rings (SSSR count). The second-order valence-corrected chi connectivity index (χ2v) is 5.19. The minimum atomic E-state index is -3.55. The van der Waals surface area contributed by atoms with Crippen molar-refractivity contribution in [1.29, 1.82) is 0 Å². The van der Waals surface area contributed by atoms with Gasteiger partial charge in [-0.25, -0.2) is 13.1 Å². The highest BCUT2D eigenvalue weighted by Crippen LogP contribution is 1.96. The first-order valence-electron chi connectivity index (χ1n) is 4.57. The Balaban J connectivity index is 2.45. The van der Waals surface area contributed by atoms with E-state index in [1.165, 1.54) is 0 Å². The molecular formula is C8H13N3O4S. The van der Waals surface area contributed by atoms with E-state index in [1.54, 1.807) is 24.0 Å². The molecule has 1 heterocycles. The molecule has 0 saturated carbocycles. The van der Waals surface area contributed by atoms with Crippen molar-refractivity contribution in [3.05, 3.63) is 18.0 Å². The van der Waals surface area contributed by atoms with E-state index in [2.05, 4.69) is 9.82 Å². The monoisotopic (exact) mass is 247 g/mol. The molecule has 0 radical (unpaired) electrons. The van der Waals surface area contributed by atoms with E-state index in [0.29, 0.717) is 5.69 Å². The van der Waals surface area contributed by atoms with Crippen LogP contribution in [-0.4, -0.2) is 35.0 Å². The smallest absolute Gasteiger partial charge is 0.304 e. The molecule has 8 heteroatoms. The van der Waals surface area contributed by atoms with Crippen molar-refractivity contribution in [3.8, 4) is 0 Å². The first-order chi connectivity index (χ1) is 7.39. The lowest BCUT2D eigenvalue weighted by molar-refractivity contribution is -0.136. The molecule has 0 spiro atoms. The average molecular weight is 247 g/mol. The molecule has 0 unspecified atom stereocenters. The summed E-state index contributed by atoms with van der Waals surface area (Å²) in [6.07, 6.45) is 1.29. The minimum Gasteiger partial charge on any atom is -0.481 e. The van der Waals surface area contributed by atoms with Gasteiger partial charge in [0.05, 0.1) is 24.4 Å². The molecule has 0 aliphatic heterocycles. The van der Waals surface area contributed by atoms with Gasteiger partial charge in [-0.3, -0.25) is 9.48 Å². The topological polar surface area (TPSA) is 101 Å². The molecule has 0 atom stereocenters. The maximum Gasteiger partial charge on any atom is 0.304 e. The SMILES string of the molecule is Cn1ccc(CNS(=O)(=O)CCC(=O)O)n1. The van der Waals surface area contributed by atoms with Crippen LogP contribution in [-0.2, 0) is 28.4 Å². The van der Waals surface area contributed by atoms with E-state index in [0.717, 1.165) is 0 Å². The van der Waals surface area contributed by atoms with Gasteiger partial charge in [0.25, 0.3) is 0 Å². The Labute approximate surface area is 93.1 Å². The fraction of sp³-hybridized carbons (Fsp3) is 0.500. The molecule has 0 aromatic carbocycles. The molecule has 90 valence electrons. The summed E-state index contributed by atoms with van der Waals surface area (Å²) < 4.78 is 26.4. The first-order valence-corrected chi connectivity index (χ1v) is 6.22. The third-order valence-electron chi connectivity index (χ3n) is 1.83. The van der Waals surface area contributed by atoms with Gasteiger partial charge < -0.3 is 5.11 Å². The van der Waals surface area contributed by atoms with Crippen LogP contribution < -0.4 is 4.72 Å². The van der Waals surface area contributed by atoms with Crippen molar-refractivity contribution in [2.75, 3.05) is 5.75 Å². The van der Waals surface area contributed by atoms with Crippen molar-refractivity contribution >= 4 is 16.0 Å². The molecule has 0 fully saturated rings. The van der Waals surface area contributed by atoms with E-state index >= 15 is 0 Å². The van der Waals surface area contributed by atoms with Crippen molar-refractivity contribution in [3.63, 3.8) is 0 Å². The largest absolute Gasteiger partial charge is 0.481 e. The first kappa shape index (κ1) is 12.7. The summed E-state index contributed by atoms with van der Waals surface area (Å²) in [5.74, 6) is -1.56. The molecule has 0 bridgehead atoms. The van der Waals surface area contributed by atoms with E-state index in [9.17, 15) is 13.2 Å². The molecular weight excluding hydrogens is 234 g/mol. The second-order valence-electron chi connectivity index (χ2n) is 3.26. The van der Waals surface area contributed by atoms with Crippen molar-refractivity contribution in [2.24, 2.45) is 7.05 Å². The number of aromatic nitrogens is 2. The molecule has 0 aliphatic rings. The summed E-state index contributed by atoms with van der Waals surface area (Å²) in [7, 11) is -1.82. The summed E-state index contributed by atoms with van der Waals surface area (Å²) in [5.41, 5.74) is 0.585. The number of carbonyl (C=O) groups is 1. The van der Waals surface area contributed by atoms with E-state index in [-0.39, 0.29) is 6.54 Å². The van der Waals surface area contributed by atoms with Crippen LogP contribution in [0.3, 0.4) is 0 Å². The van der Waals surface area contributed by atoms with Gasteiger partial charge in [0.15, 0.2) is 0 Å². The zero-order chi connectivity index (χ0) is 12.2. The Morgan fingerprint density at radius 3 is 2.81 bits per heavy atom. The number of nitrogens with zero attached hydrogens (tertiary/aromatic N) is 2. The normalized spacial score (nSPS) is 11.6. The Bertz CT molecular complexity index is 465. The third kappa shape index (κ3) is 4.41. The fourth-order valence-electron chi connectivity index (χ4n) is 1.04. The van der Waals surface area contributed by atoms with E-state index < -0.39 is 28.2 Å². The van der Waals surface area contributed by atoms with Crippen LogP contribution in [0.4, 0.5) is 0 Å². The van der Waals surface area contributed by atoms with Crippen LogP contribution in [0.25, 0.3) is 0 Å². The van der Waals surface area contributed by atoms with E-state index in [4.69, 9.17) is 5.11 Å². The van der Waals surface area contributed by atoms with Gasteiger partial charge in [0, 0.05) is 13.2 Å². The summed E-state index contributed by atoms with van der Waals surface area (Å²) >= 11 is 0. The molecule has 1 aromatic rings. The van der Waals surface area contributed by atoms with Crippen LogP contribution in [0, 0.1) is 0 Å². The molecule has 2 N–H and O–H groups in total. The van der Waals surface area contributed by atoms with Gasteiger partial charge >= 0.3 is 5.97 Å². The van der Waals surface area contributed by atoms with Crippen molar-refractivity contribution in [2.45, 2.75) is 13.0 Å². The number of aliphatic carboxylic acids is 1. The third-order valence-corrected chi connectivity index (χ3v) is 3.15. The Morgan fingerprint density at radius 1 is 1.62 bits per heavy atom. The highest BCUT2D eigenvalue weighted by molar-refractivity contribution is 7.89. The number of sulfonamides is 1. The Kier molecular flexibility index (Phi) is 4.02. The van der Waals surface area contributed by atoms with Crippen molar-refractivity contribution < 1.29 is 18.3 Å². The number of hydrogen-bond donors (Lipinski definition) is 2. The predicted octanol–water partition coefficient (Wildman–Crippen LogP) is -0.686. The summed E-state index contributed by atoms with van der Waals surface area (Å²) in [6, 6.07) is 1.68. The lowest BCUT2D eigenvalue weighted by Crippen LogP contribution is -2.27. The summed E-state index contributed by atoms with van der Waals surface area (Å²) in [6.45, 7) is 0.0722. The molecule has 16 heavy (non-hydrogen) atoms. The summed E-state index contributed by atoms with van der Waals surface area (Å²) in [4.78, 5) is 10.2. The van der Waals surface area contributed by atoms with Gasteiger partial charge in [0.1, 0.15) is 0 Å². The molecule has 0 amide bonds. The van der Waals surface area contributed by atoms with Gasteiger partial charge in [-0.15, -0.1) is 0 Å². The van der Waals surface area contributed by atoms with Crippen LogP contribution in [0.2, 0.25) is 0 Å². The Morgan fingerprint density at radius 2 is 2.31 bits per heavy atom. The maximum absolute atomic E-state index is 11.3. The van der Waals surface area contributed by atoms with Gasteiger partial charge in [-0.05, 0) is 6.07 Å². The molecule has 1 aromatic heterocycles. The molecule has 0 saturated heterocycles. The Hall–Kier alpha value is -1.41. The zero-order valence-electron chi connectivity index (χ0n) is 8.75. The van der Waals surface area contributed by atoms with Crippen LogP contribution >= 0.6 is 0 Å². The average Bonchev–Trinajstić information content (AvgIpc) is 2.59. The standard InChI is InChI=1S/C8H13N3O4S/c1-11-4-2-7(10-11)6-9-16(14,15)5-3-8(12)13/h2,4,9H,3,5-6H2,1H3,(H,12,13). The number of rotatable bonds is 6. The number of nitrogens with one attached hydrogen (secondary N) is 1. The lowest BCUT2D eigenvalue weighted by Gasteiger charge is -2.03. The zero-order valence-corrected chi connectivity index (χ0v) is 9.57. The second kappa shape index (κ2) is 5.08. The summed E-state index contributed by atoms with van der Waals surface area (Å²) in [5, 5.41) is 12.3. The van der Waals surface area contributed by atoms with E-state index in [1.807, 2.05) is 0 Å². The van der Waals surface area contributed by atoms with Crippen molar-refractivity contribution in [1.82, 2.24) is 14.5 Å². The minimum absolute atomic E-state index is 0.0722. The maximum atomic E-state index is 11.3. The van der Waals surface area contributed by atoms with Gasteiger partial charge in [0.2, 0.25) is 10.0 Å². The fourth-order valence-corrected chi connectivity index (χ4v) is 1.99. The number of aryl methyl sites for hydroxylation is 1. The quantitative estimate of drug-likeness (QED) is 0.693. The molecule has 0 aliphatic carbocycles. The number of carboxylic acids is 1. The predicted molar refractivity (Wildman–Crippen MR) is 56.1 cm³/mol. The highest BCUT2D eigenvalue weighted by atomic mass is 32.2. The van der Waals surface area contributed by atoms with Crippen LogP contribution in [0.15, 0.2) is 12.3 Å². The van der Waals surface area contributed by atoms with Gasteiger partial charge in [-0.1, -0.05) is 0 Å². The highest BCUT2D eigenvalue weighted by Gasteiger charge is 2.12. The molecule has 7 nitrogen and oxygen atoms in total. The number of carboxylic acid groups (broad SMARTS) is 1. The lowest BCUT2D eigenvalue weighted by atomic mass is 10.4. The van der Waals surface area contributed by atoms with Crippen LogP contribution in [0.1, 0.15) is 12.1 Å². The number of hydrogen-bond acceptors (Lipinski definition) is 4. The van der Waals surface area contributed by atoms with Gasteiger partial charge in [-0.2, -0.15) is 5.10 Å².